The number of hydrogen-bond acceptors (Lipinski definition) is 3. The quantitative estimate of drug-likeness (QED) is 0.795. The third-order valence-electron chi connectivity index (χ3n) is 3.28. The summed E-state index contributed by atoms with van der Waals surface area (Å²) in [6.07, 6.45) is 5.64. The predicted molar refractivity (Wildman–Crippen MR) is 75.3 cm³/mol. The minimum atomic E-state index is 0.546. The fourth-order valence-corrected chi connectivity index (χ4v) is 2.34. The normalized spacial score (nSPS) is 11.3. The van der Waals surface area contributed by atoms with E-state index in [0.29, 0.717) is 5.82 Å². The molecular formula is C14H21N4. The Bertz CT molecular complexity index is 542. The summed E-state index contributed by atoms with van der Waals surface area (Å²) < 4.78 is 0. The third-order valence-corrected chi connectivity index (χ3v) is 3.28. The van der Waals surface area contributed by atoms with E-state index < -0.39 is 0 Å². The van der Waals surface area contributed by atoms with Crippen LogP contribution in [0.2, 0.25) is 0 Å². The molecule has 0 aliphatic rings. The number of nitrogen functional groups attached to an aromatic ring is 1. The Kier molecular flexibility index (Phi) is 3.84. The topological polar surface area (TPSA) is 67.6 Å². The van der Waals surface area contributed by atoms with Crippen molar-refractivity contribution in [2.45, 2.75) is 46.0 Å². The molecule has 0 saturated heterocycles. The van der Waals surface area contributed by atoms with Crippen LogP contribution in [-0.2, 0) is 6.42 Å². The van der Waals surface area contributed by atoms with Gasteiger partial charge in [-0.15, -0.1) is 0 Å². The lowest BCUT2D eigenvalue weighted by atomic mass is 10.1. The van der Waals surface area contributed by atoms with E-state index in [1.54, 1.807) is 0 Å². The van der Waals surface area contributed by atoms with Crippen LogP contribution >= 0.6 is 0 Å². The summed E-state index contributed by atoms with van der Waals surface area (Å²) in [6, 6.07) is 0. The van der Waals surface area contributed by atoms with Gasteiger partial charge in [0.25, 0.3) is 0 Å². The van der Waals surface area contributed by atoms with Crippen LogP contribution in [0.1, 0.15) is 42.8 Å². The highest BCUT2D eigenvalue weighted by molar-refractivity contribution is 5.88. The van der Waals surface area contributed by atoms with Crippen molar-refractivity contribution >= 4 is 16.9 Å². The van der Waals surface area contributed by atoms with Gasteiger partial charge in [0.1, 0.15) is 11.3 Å². The van der Waals surface area contributed by atoms with Crippen LogP contribution in [0.15, 0.2) is 0 Å². The maximum Gasteiger partial charge on any atom is 0.151 e. The van der Waals surface area contributed by atoms with Crippen molar-refractivity contribution in [3.05, 3.63) is 24.0 Å². The predicted octanol–water partition coefficient (Wildman–Crippen LogP) is 3.09. The van der Waals surface area contributed by atoms with E-state index >= 15 is 0 Å². The van der Waals surface area contributed by atoms with Crippen LogP contribution in [0.25, 0.3) is 11.0 Å². The Morgan fingerprint density at radius 3 is 2.67 bits per heavy atom. The smallest absolute Gasteiger partial charge is 0.151 e. The summed E-state index contributed by atoms with van der Waals surface area (Å²) in [5.74, 6) is 1.28. The molecule has 2 rings (SSSR count). The fraction of sp³-hybridized carbons (Fsp3) is 0.500. The second-order valence-corrected chi connectivity index (χ2v) is 4.77. The van der Waals surface area contributed by atoms with Crippen molar-refractivity contribution in [2.24, 2.45) is 0 Å². The minimum absolute atomic E-state index is 0.546. The maximum atomic E-state index is 5.92. The van der Waals surface area contributed by atoms with E-state index in [4.69, 9.17) is 5.73 Å². The van der Waals surface area contributed by atoms with Gasteiger partial charge in [-0.2, -0.15) is 0 Å². The average molecular weight is 245 g/mol. The Morgan fingerprint density at radius 1 is 1.17 bits per heavy atom. The number of nitrogens with zero attached hydrogens (tertiary/aromatic N) is 2. The SMILES string of the molecule is [CH2]CCCCCc1c(C)[nH]c2c(N)nc(C)nc12. The monoisotopic (exact) mass is 245 g/mol. The van der Waals surface area contributed by atoms with E-state index in [0.717, 1.165) is 35.4 Å². The molecule has 0 amide bonds. The van der Waals surface area contributed by atoms with E-state index in [1.165, 1.54) is 24.8 Å². The van der Waals surface area contributed by atoms with Crippen molar-refractivity contribution in [1.29, 1.82) is 0 Å². The Labute approximate surface area is 108 Å². The second kappa shape index (κ2) is 5.38. The largest absolute Gasteiger partial charge is 0.382 e. The number of nitrogens with two attached hydrogens (primary N) is 1. The number of aryl methyl sites for hydroxylation is 3. The molecule has 2 aromatic heterocycles. The molecule has 4 heteroatoms. The molecule has 2 heterocycles. The molecule has 0 atom stereocenters. The fourth-order valence-electron chi connectivity index (χ4n) is 2.34. The molecule has 97 valence electrons. The van der Waals surface area contributed by atoms with Crippen molar-refractivity contribution in [3.8, 4) is 0 Å². The molecule has 0 aliphatic carbocycles. The molecule has 2 aromatic rings. The van der Waals surface area contributed by atoms with Gasteiger partial charge in [0.2, 0.25) is 0 Å². The lowest BCUT2D eigenvalue weighted by Gasteiger charge is -2.02. The first kappa shape index (κ1) is 12.9. The third kappa shape index (κ3) is 2.47. The molecule has 0 spiro atoms. The number of fused-ring (bicyclic) bond motifs is 1. The average Bonchev–Trinajstić information content (AvgIpc) is 2.62. The number of hydrogen-bond donors (Lipinski definition) is 2. The van der Waals surface area contributed by atoms with Gasteiger partial charge in [-0.05, 0) is 32.3 Å². The first-order valence-electron chi connectivity index (χ1n) is 6.54. The zero-order valence-corrected chi connectivity index (χ0v) is 11.2. The molecule has 3 N–H and O–H groups in total. The van der Waals surface area contributed by atoms with E-state index in [2.05, 4.69) is 28.8 Å². The summed E-state index contributed by atoms with van der Waals surface area (Å²) in [6.45, 7) is 7.82. The minimum Gasteiger partial charge on any atom is -0.382 e. The molecule has 4 nitrogen and oxygen atoms in total. The highest BCUT2D eigenvalue weighted by Gasteiger charge is 2.13. The standard InChI is InChI=1S/C14H21N4/c1-4-5-6-7-8-11-9(2)16-13-12(11)17-10(3)18-14(13)15/h16H,1,4-8H2,2-3H3,(H2,15,17,18). The van der Waals surface area contributed by atoms with Crippen molar-refractivity contribution in [3.63, 3.8) is 0 Å². The summed E-state index contributed by atoms with van der Waals surface area (Å²) in [5.41, 5.74) is 10.2. The molecule has 0 fully saturated rings. The van der Waals surface area contributed by atoms with Crippen LogP contribution in [0, 0.1) is 20.8 Å². The first-order valence-corrected chi connectivity index (χ1v) is 6.54. The van der Waals surface area contributed by atoms with E-state index in [1.807, 2.05) is 6.92 Å². The molecule has 0 aromatic carbocycles. The zero-order valence-electron chi connectivity index (χ0n) is 11.2. The van der Waals surface area contributed by atoms with Crippen molar-refractivity contribution in [2.75, 3.05) is 5.73 Å². The van der Waals surface area contributed by atoms with E-state index in [9.17, 15) is 0 Å². The van der Waals surface area contributed by atoms with Crippen LogP contribution < -0.4 is 5.73 Å². The maximum absolute atomic E-state index is 5.92. The van der Waals surface area contributed by atoms with E-state index in [-0.39, 0.29) is 0 Å². The van der Waals surface area contributed by atoms with Gasteiger partial charge in [0.15, 0.2) is 5.82 Å². The molecule has 1 radical (unpaired) electrons. The molecule has 0 unspecified atom stereocenters. The van der Waals surface area contributed by atoms with Gasteiger partial charge in [-0.1, -0.05) is 26.2 Å². The first-order chi connectivity index (χ1) is 8.63. The van der Waals surface area contributed by atoms with Crippen molar-refractivity contribution in [1.82, 2.24) is 15.0 Å². The molecule has 0 saturated carbocycles. The number of unbranched alkanes of at least 4 members (excludes halogenated alkanes) is 3. The van der Waals surface area contributed by atoms with Gasteiger partial charge in [-0.25, -0.2) is 9.97 Å². The number of aromatic nitrogens is 3. The molecule has 18 heavy (non-hydrogen) atoms. The van der Waals surface area contributed by atoms with Crippen LogP contribution in [0.4, 0.5) is 5.82 Å². The highest BCUT2D eigenvalue weighted by Crippen LogP contribution is 2.25. The van der Waals surface area contributed by atoms with Crippen LogP contribution in [-0.4, -0.2) is 15.0 Å². The van der Waals surface area contributed by atoms with Crippen LogP contribution in [0.5, 0.6) is 0 Å². The lowest BCUT2D eigenvalue weighted by Crippen LogP contribution is -1.97. The molecular weight excluding hydrogens is 224 g/mol. The number of nitrogens with one attached hydrogen (secondary N) is 1. The molecule has 0 aliphatic heterocycles. The van der Waals surface area contributed by atoms with Crippen molar-refractivity contribution < 1.29 is 0 Å². The summed E-state index contributed by atoms with van der Waals surface area (Å²) in [7, 11) is 0. The zero-order chi connectivity index (χ0) is 13.1. The second-order valence-electron chi connectivity index (χ2n) is 4.77. The summed E-state index contributed by atoms with van der Waals surface area (Å²) >= 11 is 0. The van der Waals surface area contributed by atoms with Gasteiger partial charge in [0.05, 0.1) is 5.52 Å². The number of H-pyrrole nitrogens is 1. The number of anilines is 1. The van der Waals surface area contributed by atoms with Gasteiger partial charge in [0, 0.05) is 5.69 Å². The summed E-state index contributed by atoms with van der Waals surface area (Å²) in [5, 5.41) is 0. The van der Waals surface area contributed by atoms with Gasteiger partial charge in [-0.3, -0.25) is 0 Å². The Hall–Kier alpha value is -1.58. The number of rotatable bonds is 5. The molecule has 0 bridgehead atoms. The summed E-state index contributed by atoms with van der Waals surface area (Å²) in [4.78, 5) is 12.0. The lowest BCUT2D eigenvalue weighted by molar-refractivity contribution is 0.685. The Morgan fingerprint density at radius 2 is 1.94 bits per heavy atom. The Balaban J connectivity index is 2.29. The number of aromatic amines is 1. The van der Waals surface area contributed by atoms with Gasteiger partial charge >= 0.3 is 0 Å². The van der Waals surface area contributed by atoms with Crippen LogP contribution in [0.3, 0.4) is 0 Å². The van der Waals surface area contributed by atoms with Gasteiger partial charge < -0.3 is 10.7 Å². The highest BCUT2D eigenvalue weighted by atomic mass is 15.0.